The minimum absolute atomic E-state index is 0.0693. The van der Waals surface area contributed by atoms with Crippen LogP contribution < -0.4 is 27.3 Å². The van der Waals surface area contributed by atoms with Crippen molar-refractivity contribution in [3.63, 3.8) is 0 Å². The number of aromatic nitrogens is 3. The van der Waals surface area contributed by atoms with Crippen LogP contribution in [0.5, 0.6) is 5.75 Å². The van der Waals surface area contributed by atoms with Gasteiger partial charge < -0.3 is 15.9 Å². The average molecular weight is 420 g/mol. The highest BCUT2D eigenvalue weighted by Gasteiger charge is 2.14. The summed E-state index contributed by atoms with van der Waals surface area (Å²) in [6.45, 7) is 3.64. The number of rotatable bonds is 6. The second-order valence-electron chi connectivity index (χ2n) is 6.52. The van der Waals surface area contributed by atoms with E-state index in [9.17, 15) is 14.0 Å². The normalized spacial score (nSPS) is 10.9. The van der Waals surface area contributed by atoms with Crippen LogP contribution in [0, 0.1) is 5.82 Å². The van der Waals surface area contributed by atoms with Crippen LogP contribution in [0.1, 0.15) is 19.4 Å². The number of nitrogens with one attached hydrogen (secondary N) is 1. The maximum absolute atomic E-state index is 14.3. The minimum atomic E-state index is -0.940. The Labute approximate surface area is 170 Å². The van der Waals surface area contributed by atoms with E-state index in [0.29, 0.717) is 9.70 Å². The first-order valence-corrected chi connectivity index (χ1v) is 9.09. The molecule has 152 valence electrons. The van der Waals surface area contributed by atoms with Gasteiger partial charge in [-0.25, -0.2) is 14.0 Å². The maximum Gasteiger partial charge on any atom is 0.373 e. The molecular weight excluding hydrogens is 401 g/mol. The lowest BCUT2D eigenvalue weighted by Crippen LogP contribution is -2.46. The Morgan fingerprint density at radius 1 is 1.21 bits per heavy atom. The minimum Gasteiger partial charge on any atom is -0.488 e. The van der Waals surface area contributed by atoms with E-state index in [1.807, 2.05) is 0 Å². The fourth-order valence-corrected chi connectivity index (χ4v) is 2.70. The highest BCUT2D eigenvalue weighted by atomic mass is 35.5. The van der Waals surface area contributed by atoms with Gasteiger partial charge in [0, 0.05) is 16.8 Å². The number of nitrogens with zero attached hydrogens (tertiary/aromatic N) is 3. The second-order valence-corrected chi connectivity index (χ2v) is 6.96. The van der Waals surface area contributed by atoms with Crippen LogP contribution in [0.4, 0.5) is 16.0 Å². The molecule has 1 aromatic heterocycles. The summed E-state index contributed by atoms with van der Waals surface area (Å²) in [5.74, 6) is 4.92. The summed E-state index contributed by atoms with van der Waals surface area (Å²) in [5, 5.41) is 3.34. The number of halogens is 2. The third-order valence-electron chi connectivity index (χ3n) is 3.90. The molecule has 2 aromatic carbocycles. The Kier molecular flexibility index (Phi) is 5.88. The summed E-state index contributed by atoms with van der Waals surface area (Å²) in [6, 6.07) is 11.0. The molecule has 8 nitrogen and oxygen atoms in total. The molecule has 0 aliphatic rings. The summed E-state index contributed by atoms with van der Waals surface area (Å²) in [4.78, 5) is 28.2. The molecule has 0 atom stereocenters. The van der Waals surface area contributed by atoms with Crippen molar-refractivity contribution in [3.8, 4) is 5.75 Å². The summed E-state index contributed by atoms with van der Waals surface area (Å²) >= 11 is 5.89. The van der Waals surface area contributed by atoms with Gasteiger partial charge in [-0.2, -0.15) is 9.66 Å². The van der Waals surface area contributed by atoms with Gasteiger partial charge in [0.1, 0.15) is 0 Å². The molecule has 0 aliphatic heterocycles. The van der Waals surface area contributed by atoms with Gasteiger partial charge in [0.05, 0.1) is 12.6 Å². The number of hydrogen-bond donors (Lipinski definition) is 2. The SMILES string of the molecule is CC(C)Oc1ccc(Nc2nc(=O)n(N)c(=O)n2Cc2ccc(Cl)cc2)cc1F. The van der Waals surface area contributed by atoms with Crippen molar-refractivity contribution >= 4 is 23.2 Å². The van der Waals surface area contributed by atoms with Crippen molar-refractivity contribution in [1.82, 2.24) is 14.2 Å². The van der Waals surface area contributed by atoms with E-state index in [4.69, 9.17) is 22.2 Å². The van der Waals surface area contributed by atoms with E-state index in [1.165, 1.54) is 16.7 Å². The molecule has 3 aromatic rings. The number of ether oxygens (including phenoxy) is 1. The van der Waals surface area contributed by atoms with Gasteiger partial charge in [-0.15, -0.1) is 0 Å². The Bertz CT molecular complexity index is 1140. The quantitative estimate of drug-likeness (QED) is 0.595. The molecule has 29 heavy (non-hydrogen) atoms. The van der Waals surface area contributed by atoms with Crippen molar-refractivity contribution < 1.29 is 9.13 Å². The maximum atomic E-state index is 14.3. The number of benzene rings is 2. The molecule has 0 fully saturated rings. The number of nitrogens with two attached hydrogens (primary N) is 1. The van der Waals surface area contributed by atoms with Crippen LogP contribution in [0.15, 0.2) is 52.1 Å². The Morgan fingerprint density at radius 3 is 2.52 bits per heavy atom. The van der Waals surface area contributed by atoms with E-state index >= 15 is 0 Å². The highest BCUT2D eigenvalue weighted by Crippen LogP contribution is 2.24. The van der Waals surface area contributed by atoms with Crippen molar-refractivity contribution in [3.05, 3.63) is 79.8 Å². The smallest absolute Gasteiger partial charge is 0.373 e. The van der Waals surface area contributed by atoms with Crippen molar-refractivity contribution in [2.75, 3.05) is 11.2 Å². The lowest BCUT2D eigenvalue weighted by molar-refractivity contribution is 0.231. The lowest BCUT2D eigenvalue weighted by atomic mass is 10.2. The molecule has 10 heteroatoms. The lowest BCUT2D eigenvalue weighted by Gasteiger charge is -2.15. The van der Waals surface area contributed by atoms with E-state index in [-0.39, 0.29) is 30.0 Å². The first-order valence-electron chi connectivity index (χ1n) is 8.71. The predicted octanol–water partition coefficient (Wildman–Crippen LogP) is 2.49. The molecule has 0 radical (unpaired) electrons. The van der Waals surface area contributed by atoms with Crippen LogP contribution in [-0.2, 0) is 6.54 Å². The monoisotopic (exact) mass is 419 g/mol. The van der Waals surface area contributed by atoms with Crippen LogP contribution in [-0.4, -0.2) is 20.3 Å². The van der Waals surface area contributed by atoms with E-state index in [0.717, 1.165) is 5.56 Å². The molecule has 0 aliphatic carbocycles. The van der Waals surface area contributed by atoms with Crippen molar-refractivity contribution in [2.45, 2.75) is 26.5 Å². The Hall–Kier alpha value is -3.33. The zero-order valence-electron chi connectivity index (χ0n) is 15.7. The molecule has 0 saturated carbocycles. The van der Waals surface area contributed by atoms with Gasteiger partial charge in [-0.05, 0) is 43.7 Å². The van der Waals surface area contributed by atoms with Crippen molar-refractivity contribution in [2.24, 2.45) is 0 Å². The van der Waals surface area contributed by atoms with E-state index in [2.05, 4.69) is 10.3 Å². The molecular formula is C19H19ClFN5O3. The number of hydrogen-bond acceptors (Lipinski definition) is 6. The van der Waals surface area contributed by atoms with Crippen LogP contribution >= 0.6 is 11.6 Å². The Balaban J connectivity index is 1.98. The van der Waals surface area contributed by atoms with Gasteiger partial charge >= 0.3 is 11.4 Å². The van der Waals surface area contributed by atoms with Crippen LogP contribution in [0.2, 0.25) is 5.02 Å². The van der Waals surface area contributed by atoms with Gasteiger partial charge in [-0.1, -0.05) is 23.7 Å². The van der Waals surface area contributed by atoms with E-state index in [1.54, 1.807) is 44.2 Å². The average Bonchev–Trinajstić information content (AvgIpc) is 2.66. The zero-order chi connectivity index (χ0) is 21.1. The second kappa shape index (κ2) is 8.36. The molecule has 3 rings (SSSR count). The molecule has 0 amide bonds. The van der Waals surface area contributed by atoms with Gasteiger partial charge in [-0.3, -0.25) is 4.57 Å². The van der Waals surface area contributed by atoms with Gasteiger partial charge in [0.2, 0.25) is 5.95 Å². The standard InChI is InChI=1S/C19H19ClFN5O3/c1-11(2)29-16-8-7-14(9-15(16)21)23-17-24-18(27)26(22)19(28)25(17)10-12-3-5-13(20)6-4-12/h3-9,11H,10,22H2,1-2H3,(H,23,24,27). The largest absolute Gasteiger partial charge is 0.488 e. The first kappa shape index (κ1) is 20.4. The Morgan fingerprint density at radius 2 is 1.90 bits per heavy atom. The summed E-state index contributed by atoms with van der Waals surface area (Å²) in [5.41, 5.74) is -0.704. The molecule has 0 bridgehead atoms. The number of anilines is 2. The van der Waals surface area contributed by atoms with Gasteiger partial charge in [0.15, 0.2) is 11.6 Å². The summed E-state index contributed by atoms with van der Waals surface area (Å²) < 4.78 is 21.2. The molecule has 1 heterocycles. The molecule has 0 spiro atoms. The highest BCUT2D eigenvalue weighted by molar-refractivity contribution is 6.30. The van der Waals surface area contributed by atoms with E-state index < -0.39 is 17.2 Å². The van der Waals surface area contributed by atoms with Crippen LogP contribution in [0.3, 0.4) is 0 Å². The third-order valence-corrected chi connectivity index (χ3v) is 4.16. The summed E-state index contributed by atoms with van der Waals surface area (Å²) in [7, 11) is 0. The van der Waals surface area contributed by atoms with Gasteiger partial charge in [0.25, 0.3) is 0 Å². The summed E-state index contributed by atoms with van der Waals surface area (Å²) in [6.07, 6.45) is -0.188. The van der Waals surface area contributed by atoms with Crippen LogP contribution in [0.25, 0.3) is 0 Å². The predicted molar refractivity (Wildman–Crippen MR) is 109 cm³/mol. The fourth-order valence-electron chi connectivity index (χ4n) is 2.57. The molecule has 0 unspecified atom stereocenters. The molecule has 3 N–H and O–H groups in total. The first-order chi connectivity index (χ1) is 13.7. The third kappa shape index (κ3) is 4.75. The topological polar surface area (TPSA) is 104 Å². The fraction of sp³-hybridized carbons (Fsp3) is 0.211. The zero-order valence-corrected chi connectivity index (χ0v) is 16.5. The number of nitrogen functional groups attached to an aromatic ring is 1. The molecule has 0 saturated heterocycles. The van der Waals surface area contributed by atoms with Crippen molar-refractivity contribution in [1.29, 1.82) is 0 Å².